The summed E-state index contributed by atoms with van der Waals surface area (Å²) in [5, 5.41) is 6.50. The molecule has 4 rings (SSSR count). The number of fused-ring (bicyclic) bond motifs is 3. The fraction of sp³-hybridized carbons (Fsp3) is 0.435. The molecule has 30 heavy (non-hydrogen) atoms. The number of anilines is 2. The maximum Gasteiger partial charge on any atom is 0.242 e. The molecule has 0 radical (unpaired) electrons. The summed E-state index contributed by atoms with van der Waals surface area (Å²) in [4.78, 5) is 11.7. The largest absolute Gasteiger partial charge is 0.378 e. The molecule has 0 saturated heterocycles. The summed E-state index contributed by atoms with van der Waals surface area (Å²) in [5.74, 6) is 0.672. The fourth-order valence-corrected chi connectivity index (χ4v) is 5.81. The quantitative estimate of drug-likeness (QED) is 0.761. The number of carbonyl (C=O) groups excluding carboxylic acids is 1. The van der Waals surface area contributed by atoms with Crippen molar-refractivity contribution in [1.29, 1.82) is 0 Å². The number of benzene rings is 2. The Hall–Kier alpha value is -2.38. The van der Waals surface area contributed by atoms with E-state index in [0.717, 1.165) is 29.8 Å². The third kappa shape index (κ3) is 3.84. The van der Waals surface area contributed by atoms with E-state index in [1.54, 1.807) is 20.2 Å². The minimum atomic E-state index is -3.46. The normalized spacial score (nSPS) is 23.3. The van der Waals surface area contributed by atoms with Gasteiger partial charge in [0.25, 0.3) is 0 Å². The van der Waals surface area contributed by atoms with Gasteiger partial charge < -0.3 is 10.6 Å². The van der Waals surface area contributed by atoms with Crippen molar-refractivity contribution in [3.8, 4) is 0 Å². The molecule has 1 heterocycles. The summed E-state index contributed by atoms with van der Waals surface area (Å²) in [6, 6.07) is 13.7. The van der Waals surface area contributed by atoms with Gasteiger partial charge >= 0.3 is 0 Å². The molecule has 2 aromatic rings. The van der Waals surface area contributed by atoms with Crippen molar-refractivity contribution in [2.24, 2.45) is 5.92 Å². The maximum absolute atomic E-state index is 12.6. The second-order valence-corrected chi connectivity index (χ2v) is 10.7. The van der Waals surface area contributed by atoms with Gasteiger partial charge in [0.2, 0.25) is 15.9 Å². The van der Waals surface area contributed by atoms with Crippen molar-refractivity contribution in [2.45, 2.75) is 49.5 Å². The van der Waals surface area contributed by atoms with Gasteiger partial charge in [0.1, 0.15) is 0 Å². The zero-order valence-corrected chi connectivity index (χ0v) is 18.5. The average Bonchev–Trinajstić information content (AvgIpc) is 2.73. The standard InChI is InChI=1S/C23H29N3O3S/c1-15(27)24-17-10-8-16(9-11-17)23-20-7-5-4-6-19(20)21-14-18(12-13-22(21)25-23)30(28,29)26(2)3/h8-14,19-20,23,25H,4-7H2,1-3H3,(H,24,27). The zero-order valence-electron chi connectivity index (χ0n) is 17.7. The summed E-state index contributed by atoms with van der Waals surface area (Å²) in [6.45, 7) is 1.50. The monoisotopic (exact) mass is 427 g/mol. The first-order valence-corrected chi connectivity index (χ1v) is 11.9. The molecule has 3 unspecified atom stereocenters. The van der Waals surface area contributed by atoms with E-state index in [1.165, 1.54) is 29.6 Å². The molecule has 160 valence electrons. The topological polar surface area (TPSA) is 78.5 Å². The van der Waals surface area contributed by atoms with E-state index in [2.05, 4.69) is 22.8 Å². The highest BCUT2D eigenvalue weighted by Crippen LogP contribution is 2.51. The molecule has 1 amide bonds. The molecule has 2 aromatic carbocycles. The van der Waals surface area contributed by atoms with Crippen LogP contribution in [0.2, 0.25) is 0 Å². The molecule has 0 spiro atoms. The number of rotatable bonds is 4. The minimum absolute atomic E-state index is 0.0803. The molecule has 6 nitrogen and oxygen atoms in total. The van der Waals surface area contributed by atoms with Gasteiger partial charge in [0, 0.05) is 32.4 Å². The Morgan fingerprint density at radius 3 is 2.43 bits per heavy atom. The van der Waals surface area contributed by atoms with Crippen LogP contribution in [0.25, 0.3) is 0 Å². The molecular weight excluding hydrogens is 398 g/mol. The molecule has 2 aliphatic rings. The van der Waals surface area contributed by atoms with Crippen molar-refractivity contribution >= 4 is 27.3 Å². The number of sulfonamides is 1. The SMILES string of the molecule is CC(=O)Nc1ccc(C2Nc3ccc(S(=O)(=O)N(C)C)cc3C3CCCCC32)cc1. The Morgan fingerprint density at radius 1 is 1.07 bits per heavy atom. The van der Waals surface area contributed by atoms with Gasteiger partial charge in [-0.2, -0.15) is 0 Å². The van der Waals surface area contributed by atoms with Crippen LogP contribution in [0.1, 0.15) is 55.7 Å². The maximum atomic E-state index is 12.6. The van der Waals surface area contributed by atoms with Crippen LogP contribution in [0.4, 0.5) is 11.4 Å². The summed E-state index contributed by atoms with van der Waals surface area (Å²) in [6.07, 6.45) is 4.54. The van der Waals surface area contributed by atoms with Gasteiger partial charge in [-0.3, -0.25) is 4.79 Å². The van der Waals surface area contributed by atoms with Crippen molar-refractivity contribution in [1.82, 2.24) is 4.31 Å². The highest BCUT2D eigenvalue weighted by atomic mass is 32.2. The van der Waals surface area contributed by atoms with Crippen molar-refractivity contribution in [3.05, 3.63) is 53.6 Å². The lowest BCUT2D eigenvalue weighted by atomic mass is 9.68. The number of nitrogens with zero attached hydrogens (tertiary/aromatic N) is 1. The third-order valence-electron chi connectivity index (χ3n) is 6.35. The first kappa shape index (κ1) is 20.9. The van der Waals surface area contributed by atoms with E-state index in [4.69, 9.17) is 0 Å². The van der Waals surface area contributed by atoms with Crippen LogP contribution in [0.3, 0.4) is 0 Å². The molecule has 1 fully saturated rings. The zero-order chi connectivity index (χ0) is 21.5. The van der Waals surface area contributed by atoms with E-state index < -0.39 is 10.0 Å². The number of amides is 1. The van der Waals surface area contributed by atoms with Crippen LogP contribution < -0.4 is 10.6 Å². The molecule has 2 N–H and O–H groups in total. The Kier molecular flexibility index (Phi) is 5.59. The summed E-state index contributed by atoms with van der Waals surface area (Å²) < 4.78 is 26.6. The van der Waals surface area contributed by atoms with Gasteiger partial charge in [-0.05, 0) is 66.1 Å². The predicted octanol–water partition coefficient (Wildman–Crippen LogP) is 4.34. The van der Waals surface area contributed by atoms with Crippen LogP contribution in [-0.4, -0.2) is 32.7 Å². The van der Waals surface area contributed by atoms with E-state index >= 15 is 0 Å². The first-order valence-electron chi connectivity index (χ1n) is 10.5. The Bertz CT molecular complexity index is 1050. The van der Waals surface area contributed by atoms with Crippen molar-refractivity contribution in [3.63, 3.8) is 0 Å². The lowest BCUT2D eigenvalue weighted by Gasteiger charge is -2.44. The number of carbonyl (C=O) groups is 1. The number of hydrogen-bond donors (Lipinski definition) is 2. The molecule has 7 heteroatoms. The lowest BCUT2D eigenvalue weighted by Crippen LogP contribution is -2.34. The van der Waals surface area contributed by atoms with Crippen molar-refractivity contribution < 1.29 is 13.2 Å². The Morgan fingerprint density at radius 2 is 1.77 bits per heavy atom. The molecule has 0 aromatic heterocycles. The molecule has 1 aliphatic carbocycles. The minimum Gasteiger partial charge on any atom is -0.378 e. The highest BCUT2D eigenvalue weighted by molar-refractivity contribution is 7.89. The predicted molar refractivity (Wildman–Crippen MR) is 119 cm³/mol. The van der Waals surface area contributed by atoms with E-state index in [0.29, 0.717) is 16.7 Å². The summed E-state index contributed by atoms with van der Waals surface area (Å²) in [7, 11) is -0.324. The molecule has 0 bridgehead atoms. The molecule has 1 saturated carbocycles. The van der Waals surface area contributed by atoms with Crippen LogP contribution in [-0.2, 0) is 14.8 Å². The van der Waals surface area contributed by atoms with E-state index in [1.807, 2.05) is 24.3 Å². The van der Waals surface area contributed by atoms with Crippen LogP contribution >= 0.6 is 0 Å². The average molecular weight is 428 g/mol. The highest BCUT2D eigenvalue weighted by Gasteiger charge is 2.39. The molecule has 3 atom stereocenters. The van der Waals surface area contributed by atoms with Crippen LogP contribution in [0.5, 0.6) is 0 Å². The second-order valence-electron chi connectivity index (χ2n) is 8.52. The van der Waals surface area contributed by atoms with Gasteiger partial charge in [-0.15, -0.1) is 0 Å². The molecule has 1 aliphatic heterocycles. The van der Waals surface area contributed by atoms with Gasteiger partial charge in [-0.25, -0.2) is 12.7 Å². The lowest BCUT2D eigenvalue weighted by molar-refractivity contribution is -0.114. The Labute approximate surface area is 178 Å². The number of nitrogens with one attached hydrogen (secondary N) is 2. The first-order chi connectivity index (χ1) is 14.3. The third-order valence-corrected chi connectivity index (χ3v) is 8.16. The van der Waals surface area contributed by atoms with Gasteiger partial charge in [-0.1, -0.05) is 25.0 Å². The second kappa shape index (κ2) is 8.04. The molecular formula is C23H29N3O3S. The van der Waals surface area contributed by atoms with E-state index in [9.17, 15) is 13.2 Å². The summed E-state index contributed by atoms with van der Waals surface area (Å²) in [5.41, 5.74) is 4.12. The van der Waals surface area contributed by atoms with Crippen molar-refractivity contribution in [2.75, 3.05) is 24.7 Å². The van der Waals surface area contributed by atoms with Gasteiger partial charge in [0.15, 0.2) is 0 Å². The smallest absolute Gasteiger partial charge is 0.242 e. The summed E-state index contributed by atoms with van der Waals surface area (Å²) >= 11 is 0. The number of hydrogen-bond acceptors (Lipinski definition) is 4. The van der Waals surface area contributed by atoms with E-state index in [-0.39, 0.29) is 11.9 Å². The van der Waals surface area contributed by atoms with Crippen LogP contribution in [0.15, 0.2) is 47.4 Å². The fourth-order valence-electron chi connectivity index (χ4n) is 4.88. The van der Waals surface area contributed by atoms with Crippen LogP contribution in [0, 0.1) is 5.92 Å². The Balaban J connectivity index is 1.70. The van der Waals surface area contributed by atoms with Gasteiger partial charge in [0.05, 0.1) is 10.9 Å².